The van der Waals surface area contributed by atoms with Gasteiger partial charge in [0.25, 0.3) is 5.91 Å². The number of nitrogens with zero attached hydrogens (tertiary/aromatic N) is 2. The number of aryl methyl sites for hydroxylation is 1. The van der Waals surface area contributed by atoms with Crippen LogP contribution in [0.15, 0.2) is 48.7 Å². The fourth-order valence-electron chi connectivity index (χ4n) is 3.44. The first-order chi connectivity index (χ1) is 13.5. The number of carbonyl (C=O) groups excluding carboxylic acids is 1. The van der Waals surface area contributed by atoms with Crippen LogP contribution in [-0.2, 0) is 13.5 Å². The van der Waals surface area contributed by atoms with Gasteiger partial charge in [-0.05, 0) is 11.6 Å². The van der Waals surface area contributed by atoms with Gasteiger partial charge in [0.2, 0.25) is 0 Å². The summed E-state index contributed by atoms with van der Waals surface area (Å²) in [5.74, 6) is 0.379. The Labute approximate surface area is 173 Å². The molecule has 144 valence electrons. The summed E-state index contributed by atoms with van der Waals surface area (Å²) in [5.41, 5.74) is 3.39. The molecule has 4 rings (SSSR count). The van der Waals surface area contributed by atoms with Crippen molar-refractivity contribution in [2.45, 2.75) is 18.9 Å². The number of hydrogen-bond donors (Lipinski definition) is 1. The SMILES string of the molecule is Cn1ncc(C(=O)NC2CCOc3c2ccc(Cl)c3Cl)c1Cc1ccccc1. The van der Waals surface area contributed by atoms with Gasteiger partial charge in [-0.25, -0.2) is 0 Å². The Morgan fingerprint density at radius 3 is 2.82 bits per heavy atom. The highest BCUT2D eigenvalue weighted by atomic mass is 35.5. The molecule has 1 atom stereocenters. The summed E-state index contributed by atoms with van der Waals surface area (Å²) in [6.45, 7) is 0.460. The fraction of sp³-hybridized carbons (Fsp3) is 0.238. The molecule has 0 saturated heterocycles. The van der Waals surface area contributed by atoms with E-state index in [0.29, 0.717) is 40.8 Å². The summed E-state index contributed by atoms with van der Waals surface area (Å²) in [6, 6.07) is 13.4. The van der Waals surface area contributed by atoms with Gasteiger partial charge in [-0.1, -0.05) is 59.6 Å². The molecule has 1 amide bonds. The molecule has 1 aromatic heterocycles. The molecule has 0 bridgehead atoms. The Morgan fingerprint density at radius 2 is 2.04 bits per heavy atom. The smallest absolute Gasteiger partial charge is 0.255 e. The molecule has 28 heavy (non-hydrogen) atoms. The maximum absolute atomic E-state index is 13.0. The Morgan fingerprint density at radius 1 is 1.25 bits per heavy atom. The highest BCUT2D eigenvalue weighted by molar-refractivity contribution is 6.43. The number of rotatable bonds is 4. The number of benzene rings is 2. The third kappa shape index (κ3) is 3.60. The molecule has 5 nitrogen and oxygen atoms in total. The van der Waals surface area contributed by atoms with E-state index in [-0.39, 0.29) is 11.9 Å². The number of carbonyl (C=O) groups is 1. The molecule has 0 saturated carbocycles. The molecule has 1 unspecified atom stereocenters. The van der Waals surface area contributed by atoms with Crippen molar-refractivity contribution < 1.29 is 9.53 Å². The van der Waals surface area contributed by atoms with Gasteiger partial charge in [0.15, 0.2) is 0 Å². The van der Waals surface area contributed by atoms with Gasteiger partial charge in [-0.3, -0.25) is 9.48 Å². The van der Waals surface area contributed by atoms with Crippen LogP contribution in [0.4, 0.5) is 0 Å². The van der Waals surface area contributed by atoms with Crippen molar-refractivity contribution in [1.29, 1.82) is 0 Å². The maximum Gasteiger partial charge on any atom is 0.255 e. The van der Waals surface area contributed by atoms with Crippen LogP contribution >= 0.6 is 23.2 Å². The molecule has 1 N–H and O–H groups in total. The summed E-state index contributed by atoms with van der Waals surface area (Å²) in [5, 5.41) is 8.21. The zero-order chi connectivity index (χ0) is 19.7. The zero-order valence-electron chi connectivity index (χ0n) is 15.3. The van der Waals surface area contributed by atoms with Crippen LogP contribution < -0.4 is 10.1 Å². The van der Waals surface area contributed by atoms with Crippen LogP contribution in [-0.4, -0.2) is 22.3 Å². The van der Waals surface area contributed by atoms with E-state index in [2.05, 4.69) is 10.4 Å². The second-order valence-corrected chi connectivity index (χ2v) is 7.52. The zero-order valence-corrected chi connectivity index (χ0v) is 16.8. The minimum atomic E-state index is -0.198. The number of halogens is 2. The summed E-state index contributed by atoms with van der Waals surface area (Å²) in [4.78, 5) is 13.0. The largest absolute Gasteiger partial charge is 0.492 e. The molecule has 1 aliphatic heterocycles. The van der Waals surface area contributed by atoms with Gasteiger partial charge >= 0.3 is 0 Å². The highest BCUT2D eigenvalue weighted by Gasteiger charge is 2.27. The number of nitrogens with one attached hydrogen (secondary N) is 1. The number of fused-ring (bicyclic) bond motifs is 1. The number of hydrogen-bond acceptors (Lipinski definition) is 3. The van der Waals surface area contributed by atoms with Gasteiger partial charge in [0.1, 0.15) is 10.8 Å². The molecular weight excluding hydrogens is 397 g/mol. The third-order valence-electron chi connectivity index (χ3n) is 4.93. The van der Waals surface area contributed by atoms with Crippen LogP contribution in [0, 0.1) is 0 Å². The molecule has 2 heterocycles. The summed E-state index contributed by atoms with van der Waals surface area (Å²) in [6.07, 6.45) is 2.90. The summed E-state index contributed by atoms with van der Waals surface area (Å²) in [7, 11) is 1.85. The van der Waals surface area contributed by atoms with Crippen molar-refractivity contribution in [1.82, 2.24) is 15.1 Å². The highest BCUT2D eigenvalue weighted by Crippen LogP contribution is 2.41. The third-order valence-corrected chi connectivity index (χ3v) is 5.72. The average molecular weight is 416 g/mol. The van der Waals surface area contributed by atoms with Gasteiger partial charge in [-0.15, -0.1) is 0 Å². The van der Waals surface area contributed by atoms with Crippen LogP contribution in [0.25, 0.3) is 0 Å². The molecule has 2 aromatic carbocycles. The van der Waals surface area contributed by atoms with Crippen molar-refractivity contribution in [3.63, 3.8) is 0 Å². The number of ether oxygens (including phenoxy) is 1. The van der Waals surface area contributed by atoms with Gasteiger partial charge in [0.05, 0.1) is 35.1 Å². The minimum absolute atomic E-state index is 0.164. The van der Waals surface area contributed by atoms with E-state index in [4.69, 9.17) is 27.9 Å². The average Bonchev–Trinajstić information content (AvgIpc) is 3.06. The van der Waals surface area contributed by atoms with E-state index in [1.807, 2.05) is 43.4 Å². The number of aromatic nitrogens is 2. The van der Waals surface area contributed by atoms with E-state index < -0.39 is 0 Å². The lowest BCUT2D eigenvalue weighted by atomic mass is 9.99. The molecular formula is C21H19Cl2N3O2. The lowest BCUT2D eigenvalue weighted by Gasteiger charge is -2.27. The number of amides is 1. The van der Waals surface area contributed by atoms with E-state index in [1.165, 1.54) is 0 Å². The first kappa shape index (κ1) is 18.8. The summed E-state index contributed by atoms with van der Waals surface area (Å²) >= 11 is 12.4. The van der Waals surface area contributed by atoms with Crippen LogP contribution in [0.1, 0.15) is 39.6 Å². The Bertz CT molecular complexity index is 1020. The first-order valence-corrected chi connectivity index (χ1v) is 9.76. The molecule has 0 fully saturated rings. The van der Waals surface area contributed by atoms with Crippen LogP contribution in [0.5, 0.6) is 5.75 Å². The topological polar surface area (TPSA) is 56.2 Å². The quantitative estimate of drug-likeness (QED) is 0.678. The lowest BCUT2D eigenvalue weighted by Crippen LogP contribution is -2.32. The predicted molar refractivity (Wildman–Crippen MR) is 109 cm³/mol. The van der Waals surface area contributed by atoms with Crippen LogP contribution in [0.2, 0.25) is 10.0 Å². The van der Waals surface area contributed by atoms with E-state index in [9.17, 15) is 4.79 Å². The van der Waals surface area contributed by atoms with E-state index in [0.717, 1.165) is 16.8 Å². The Balaban J connectivity index is 1.59. The Kier molecular flexibility index (Phi) is 5.29. The molecule has 0 spiro atoms. The molecule has 0 aliphatic carbocycles. The van der Waals surface area contributed by atoms with Gasteiger partial charge < -0.3 is 10.1 Å². The fourth-order valence-corrected chi connectivity index (χ4v) is 3.82. The monoisotopic (exact) mass is 415 g/mol. The van der Waals surface area contributed by atoms with Crippen LogP contribution in [0.3, 0.4) is 0 Å². The van der Waals surface area contributed by atoms with Crippen molar-refractivity contribution in [2.24, 2.45) is 7.05 Å². The van der Waals surface area contributed by atoms with Gasteiger partial charge in [0, 0.05) is 25.5 Å². The predicted octanol–water partition coefficient (Wildman–Crippen LogP) is 4.57. The van der Waals surface area contributed by atoms with Crippen molar-refractivity contribution in [2.75, 3.05) is 6.61 Å². The first-order valence-electron chi connectivity index (χ1n) is 9.01. The maximum atomic E-state index is 13.0. The minimum Gasteiger partial charge on any atom is -0.492 e. The van der Waals surface area contributed by atoms with Crippen molar-refractivity contribution in [3.8, 4) is 5.75 Å². The molecule has 7 heteroatoms. The van der Waals surface area contributed by atoms with E-state index >= 15 is 0 Å². The standard InChI is InChI=1S/C21H19Cl2N3O2/c1-26-18(11-13-5-3-2-4-6-13)15(12-24-26)21(27)25-17-9-10-28-20-14(17)7-8-16(22)19(20)23/h2-8,12,17H,9-11H2,1H3,(H,25,27). The Hall–Kier alpha value is -2.50. The second-order valence-electron chi connectivity index (χ2n) is 6.73. The van der Waals surface area contributed by atoms with Crippen molar-refractivity contribution >= 4 is 29.1 Å². The van der Waals surface area contributed by atoms with Gasteiger partial charge in [-0.2, -0.15) is 5.10 Å². The molecule has 3 aromatic rings. The molecule has 0 radical (unpaired) electrons. The van der Waals surface area contributed by atoms with E-state index in [1.54, 1.807) is 16.9 Å². The second kappa shape index (κ2) is 7.86. The molecule has 1 aliphatic rings. The normalized spacial score (nSPS) is 15.6. The lowest BCUT2D eigenvalue weighted by molar-refractivity contribution is 0.0924. The summed E-state index contributed by atoms with van der Waals surface area (Å²) < 4.78 is 7.42. The van der Waals surface area contributed by atoms with Crippen molar-refractivity contribution in [3.05, 3.63) is 81.1 Å².